The van der Waals surface area contributed by atoms with Gasteiger partial charge in [-0.1, -0.05) is 0 Å². The fourth-order valence-electron chi connectivity index (χ4n) is 3.14. The third-order valence-corrected chi connectivity index (χ3v) is 4.40. The van der Waals surface area contributed by atoms with E-state index in [0.29, 0.717) is 12.5 Å². The fourth-order valence-corrected chi connectivity index (χ4v) is 3.14. The van der Waals surface area contributed by atoms with E-state index in [2.05, 4.69) is 14.6 Å². The molecule has 2 aromatic heterocycles. The van der Waals surface area contributed by atoms with Gasteiger partial charge in [-0.05, 0) is 32.3 Å². The Balaban J connectivity index is 1.57. The van der Waals surface area contributed by atoms with E-state index in [4.69, 9.17) is 0 Å². The van der Waals surface area contributed by atoms with Crippen LogP contribution in [0.1, 0.15) is 23.6 Å². The molecule has 3 rings (SSSR count). The number of imidazole rings is 1. The molecule has 0 saturated heterocycles. The van der Waals surface area contributed by atoms with Crippen molar-refractivity contribution in [3.63, 3.8) is 0 Å². The van der Waals surface area contributed by atoms with Crippen LogP contribution in [0.5, 0.6) is 0 Å². The van der Waals surface area contributed by atoms with Crippen LogP contribution >= 0.6 is 0 Å². The maximum atomic E-state index is 12.4. The molecule has 118 valence electrons. The molecule has 22 heavy (non-hydrogen) atoms. The molecule has 6 nitrogen and oxygen atoms in total. The lowest BCUT2D eigenvalue weighted by Gasteiger charge is -2.28. The molecule has 0 aromatic carbocycles. The Morgan fingerprint density at radius 2 is 2.27 bits per heavy atom. The Hall–Kier alpha value is -2.11. The predicted molar refractivity (Wildman–Crippen MR) is 83.4 cm³/mol. The zero-order chi connectivity index (χ0) is 15.7. The molecule has 0 unspecified atom stereocenters. The molecule has 0 fully saturated rings. The van der Waals surface area contributed by atoms with Crippen LogP contribution in [-0.2, 0) is 24.3 Å². The number of likely N-dealkylation sites (N-methyl/N-ethyl adjacent to an activating group) is 1. The van der Waals surface area contributed by atoms with Crippen LogP contribution < -0.4 is 0 Å². The van der Waals surface area contributed by atoms with Gasteiger partial charge in [-0.3, -0.25) is 9.48 Å². The Morgan fingerprint density at radius 3 is 3.00 bits per heavy atom. The van der Waals surface area contributed by atoms with Gasteiger partial charge in [0.15, 0.2) is 0 Å². The predicted octanol–water partition coefficient (Wildman–Crippen LogP) is 1.42. The van der Waals surface area contributed by atoms with Crippen LogP contribution in [0.25, 0.3) is 0 Å². The highest BCUT2D eigenvalue weighted by Gasteiger charge is 2.22. The van der Waals surface area contributed by atoms with E-state index in [1.54, 1.807) is 4.68 Å². The molecule has 0 spiro atoms. The molecule has 0 saturated carbocycles. The van der Waals surface area contributed by atoms with Gasteiger partial charge in [-0.15, -0.1) is 0 Å². The average molecular weight is 301 g/mol. The summed E-state index contributed by atoms with van der Waals surface area (Å²) in [6, 6.07) is 1.99. The van der Waals surface area contributed by atoms with E-state index >= 15 is 0 Å². The monoisotopic (exact) mass is 301 g/mol. The summed E-state index contributed by atoms with van der Waals surface area (Å²) in [4.78, 5) is 18.6. The minimum Gasteiger partial charge on any atom is -0.344 e. The minimum atomic E-state index is 0.111. The standard InChI is InChI=1S/C16H23N5O/c1-12-8-13(2)21(18-12)11-16(22)19(3)10-14-4-6-20-7-5-17-15(20)9-14/h5,7-8,14H,4,6,9-11H2,1-3H3/t14-/m1/s1. The first-order chi connectivity index (χ1) is 10.5. The highest BCUT2D eigenvalue weighted by molar-refractivity contribution is 5.75. The van der Waals surface area contributed by atoms with E-state index in [9.17, 15) is 4.79 Å². The second-order valence-corrected chi connectivity index (χ2v) is 6.25. The minimum absolute atomic E-state index is 0.111. The summed E-state index contributed by atoms with van der Waals surface area (Å²) in [5.41, 5.74) is 1.98. The van der Waals surface area contributed by atoms with Crippen molar-refractivity contribution in [1.29, 1.82) is 0 Å². The number of aromatic nitrogens is 4. The van der Waals surface area contributed by atoms with Gasteiger partial charge in [0.1, 0.15) is 12.4 Å². The SMILES string of the molecule is Cc1cc(C)n(CC(=O)N(C)C[C@@H]2CCn3ccnc3C2)n1. The summed E-state index contributed by atoms with van der Waals surface area (Å²) in [6.45, 7) is 6.03. The molecule has 0 radical (unpaired) electrons. The van der Waals surface area contributed by atoms with Crippen LogP contribution in [0.4, 0.5) is 0 Å². The lowest BCUT2D eigenvalue weighted by molar-refractivity contribution is -0.131. The molecule has 1 aliphatic heterocycles. The summed E-state index contributed by atoms with van der Waals surface area (Å²) in [7, 11) is 1.88. The molecule has 0 N–H and O–H groups in total. The summed E-state index contributed by atoms with van der Waals surface area (Å²) in [5.74, 6) is 1.74. The molecule has 0 bridgehead atoms. The maximum absolute atomic E-state index is 12.4. The van der Waals surface area contributed by atoms with Crippen molar-refractivity contribution < 1.29 is 4.79 Å². The average Bonchev–Trinajstić information content (AvgIpc) is 3.05. The van der Waals surface area contributed by atoms with Gasteiger partial charge >= 0.3 is 0 Å². The van der Waals surface area contributed by atoms with Crippen LogP contribution in [-0.4, -0.2) is 43.7 Å². The Kier molecular flexibility index (Phi) is 4.00. The number of nitrogens with zero attached hydrogens (tertiary/aromatic N) is 5. The van der Waals surface area contributed by atoms with Crippen LogP contribution in [0.3, 0.4) is 0 Å². The van der Waals surface area contributed by atoms with Crippen molar-refractivity contribution in [1.82, 2.24) is 24.2 Å². The summed E-state index contributed by atoms with van der Waals surface area (Å²) in [6.07, 6.45) is 5.93. The maximum Gasteiger partial charge on any atom is 0.244 e. The summed E-state index contributed by atoms with van der Waals surface area (Å²) < 4.78 is 3.98. The van der Waals surface area contributed by atoms with Crippen molar-refractivity contribution in [3.8, 4) is 0 Å². The van der Waals surface area contributed by atoms with E-state index in [1.165, 1.54) is 0 Å². The van der Waals surface area contributed by atoms with Crippen molar-refractivity contribution in [3.05, 3.63) is 35.7 Å². The topological polar surface area (TPSA) is 56.0 Å². The Labute approximate surface area is 130 Å². The first kappa shape index (κ1) is 14.8. The van der Waals surface area contributed by atoms with Gasteiger partial charge in [-0.25, -0.2) is 4.98 Å². The molecule has 3 heterocycles. The first-order valence-corrected chi connectivity index (χ1v) is 7.78. The molecule has 1 aliphatic rings. The van der Waals surface area contributed by atoms with Crippen molar-refractivity contribution in [2.24, 2.45) is 5.92 Å². The largest absolute Gasteiger partial charge is 0.344 e. The second-order valence-electron chi connectivity index (χ2n) is 6.25. The van der Waals surface area contributed by atoms with Gasteiger partial charge in [0.05, 0.1) is 5.69 Å². The fraction of sp³-hybridized carbons (Fsp3) is 0.562. The van der Waals surface area contributed by atoms with Crippen molar-refractivity contribution in [2.45, 2.75) is 39.8 Å². The molecule has 2 aromatic rings. The molecular weight excluding hydrogens is 278 g/mol. The number of carbonyl (C=O) groups is 1. The lowest BCUT2D eigenvalue weighted by Crippen LogP contribution is -2.37. The molecular formula is C16H23N5O. The Morgan fingerprint density at radius 1 is 1.45 bits per heavy atom. The first-order valence-electron chi connectivity index (χ1n) is 7.78. The van der Waals surface area contributed by atoms with Crippen molar-refractivity contribution in [2.75, 3.05) is 13.6 Å². The van der Waals surface area contributed by atoms with Gasteiger partial charge in [0.25, 0.3) is 0 Å². The van der Waals surface area contributed by atoms with E-state index in [1.807, 2.05) is 44.3 Å². The van der Waals surface area contributed by atoms with Gasteiger partial charge in [0, 0.05) is 44.6 Å². The number of rotatable bonds is 4. The number of fused-ring (bicyclic) bond motifs is 1. The summed E-state index contributed by atoms with van der Waals surface area (Å²) in [5, 5.41) is 4.36. The molecule has 1 atom stereocenters. The Bertz CT molecular complexity index is 672. The van der Waals surface area contributed by atoms with Gasteiger partial charge < -0.3 is 9.47 Å². The third kappa shape index (κ3) is 3.05. The molecule has 0 aliphatic carbocycles. The third-order valence-electron chi connectivity index (χ3n) is 4.40. The van der Waals surface area contributed by atoms with E-state index in [0.717, 1.165) is 43.1 Å². The quantitative estimate of drug-likeness (QED) is 0.858. The summed E-state index contributed by atoms with van der Waals surface area (Å²) >= 11 is 0. The number of hydrogen-bond acceptors (Lipinski definition) is 3. The highest BCUT2D eigenvalue weighted by Crippen LogP contribution is 2.19. The lowest BCUT2D eigenvalue weighted by atomic mass is 9.97. The second kappa shape index (κ2) is 5.94. The zero-order valence-corrected chi connectivity index (χ0v) is 13.5. The smallest absolute Gasteiger partial charge is 0.244 e. The zero-order valence-electron chi connectivity index (χ0n) is 13.5. The van der Waals surface area contributed by atoms with E-state index in [-0.39, 0.29) is 5.91 Å². The van der Waals surface area contributed by atoms with Crippen LogP contribution in [0, 0.1) is 19.8 Å². The number of carbonyl (C=O) groups excluding carboxylic acids is 1. The van der Waals surface area contributed by atoms with E-state index < -0.39 is 0 Å². The number of hydrogen-bond donors (Lipinski definition) is 0. The highest BCUT2D eigenvalue weighted by atomic mass is 16.2. The van der Waals surface area contributed by atoms with Crippen LogP contribution in [0.2, 0.25) is 0 Å². The number of aryl methyl sites for hydroxylation is 3. The molecule has 6 heteroatoms. The number of amides is 1. The van der Waals surface area contributed by atoms with Gasteiger partial charge in [0.2, 0.25) is 5.91 Å². The van der Waals surface area contributed by atoms with Crippen LogP contribution in [0.15, 0.2) is 18.5 Å². The normalized spacial score (nSPS) is 17.3. The molecule has 1 amide bonds. The van der Waals surface area contributed by atoms with Gasteiger partial charge in [-0.2, -0.15) is 5.10 Å². The van der Waals surface area contributed by atoms with Crippen molar-refractivity contribution >= 4 is 5.91 Å².